The predicted octanol–water partition coefficient (Wildman–Crippen LogP) is 3.17. The number of ether oxygens (including phenoxy) is 4. The van der Waals surface area contributed by atoms with E-state index in [-0.39, 0.29) is 37.5 Å². The summed E-state index contributed by atoms with van der Waals surface area (Å²) in [6, 6.07) is 20.3. The van der Waals surface area contributed by atoms with Gasteiger partial charge in [0.1, 0.15) is 36.1 Å². The van der Waals surface area contributed by atoms with Crippen molar-refractivity contribution in [2.45, 2.75) is 84.2 Å². The minimum absolute atomic E-state index is 0.0204. The summed E-state index contributed by atoms with van der Waals surface area (Å²) in [7, 11) is 0. The number of phenols is 1. The van der Waals surface area contributed by atoms with Crippen molar-refractivity contribution < 1.29 is 57.6 Å². The normalized spacial score (nSPS) is 12.4. The smallest absolute Gasteiger partial charge is 0.410 e. The summed E-state index contributed by atoms with van der Waals surface area (Å²) < 4.78 is 20.8. The molecule has 0 aromatic heterocycles. The van der Waals surface area contributed by atoms with Gasteiger partial charge >= 0.3 is 24.1 Å². The van der Waals surface area contributed by atoms with Crippen LogP contribution in [-0.2, 0) is 62.4 Å². The van der Waals surface area contributed by atoms with E-state index in [2.05, 4.69) is 26.6 Å². The van der Waals surface area contributed by atoms with E-state index in [1.807, 2.05) is 26.0 Å². The number of hydrogen-bond donors (Lipinski definition) is 6. The second kappa shape index (κ2) is 23.5. The Labute approximate surface area is 342 Å². The van der Waals surface area contributed by atoms with E-state index in [4.69, 9.17) is 18.9 Å². The Hall–Kier alpha value is -6.65. The van der Waals surface area contributed by atoms with Crippen molar-refractivity contribution in [3.63, 3.8) is 0 Å². The van der Waals surface area contributed by atoms with Crippen LogP contribution in [0.15, 0.2) is 84.9 Å². The molecule has 17 heteroatoms. The highest BCUT2D eigenvalue weighted by molar-refractivity contribution is 5.92. The Morgan fingerprint density at radius 2 is 1.14 bits per heavy atom. The van der Waals surface area contributed by atoms with Gasteiger partial charge in [0.05, 0.1) is 13.1 Å². The van der Waals surface area contributed by atoms with E-state index < -0.39 is 85.5 Å². The van der Waals surface area contributed by atoms with Crippen LogP contribution in [-0.4, -0.2) is 90.6 Å². The molecule has 3 atom stereocenters. The van der Waals surface area contributed by atoms with Crippen LogP contribution < -0.4 is 26.6 Å². The quantitative estimate of drug-likeness (QED) is 0.0548. The third-order valence-corrected chi connectivity index (χ3v) is 8.05. The van der Waals surface area contributed by atoms with Gasteiger partial charge in [0.15, 0.2) is 0 Å². The van der Waals surface area contributed by atoms with Crippen molar-refractivity contribution in [3.8, 4) is 5.75 Å². The fourth-order valence-electron chi connectivity index (χ4n) is 5.29. The number of carbonyl (C=O) groups is 7. The van der Waals surface area contributed by atoms with Gasteiger partial charge in [-0.25, -0.2) is 19.2 Å². The van der Waals surface area contributed by atoms with Gasteiger partial charge in [0, 0.05) is 12.8 Å². The second-order valence-corrected chi connectivity index (χ2v) is 14.8. The monoisotopic (exact) mass is 819 g/mol. The third-order valence-electron chi connectivity index (χ3n) is 8.05. The molecule has 0 heterocycles. The zero-order chi connectivity index (χ0) is 43.4. The van der Waals surface area contributed by atoms with Crippen molar-refractivity contribution in [1.82, 2.24) is 26.6 Å². The Bertz CT molecular complexity index is 1850. The number of benzene rings is 3. The lowest BCUT2D eigenvalue weighted by Crippen LogP contribution is -2.51. The lowest BCUT2D eigenvalue weighted by atomic mass is 10.0. The molecule has 3 rings (SSSR count). The number of carbonyl (C=O) groups excluding carboxylic acids is 7. The van der Waals surface area contributed by atoms with Crippen molar-refractivity contribution >= 4 is 41.8 Å². The highest BCUT2D eigenvalue weighted by Gasteiger charge is 2.28. The van der Waals surface area contributed by atoms with E-state index in [1.165, 1.54) is 24.3 Å². The molecule has 3 aromatic carbocycles. The Morgan fingerprint density at radius 3 is 1.75 bits per heavy atom. The molecule has 3 aromatic rings. The fourth-order valence-corrected chi connectivity index (χ4v) is 5.29. The summed E-state index contributed by atoms with van der Waals surface area (Å²) in [4.78, 5) is 89.6. The fraction of sp³-hybridized carbons (Fsp3) is 0.405. The summed E-state index contributed by atoms with van der Waals surface area (Å²) in [5.41, 5.74) is 1.24. The minimum atomic E-state index is -1.32. The van der Waals surface area contributed by atoms with E-state index >= 15 is 0 Å². The van der Waals surface area contributed by atoms with Gasteiger partial charge in [0.25, 0.3) is 0 Å². The first-order valence-corrected chi connectivity index (χ1v) is 18.9. The van der Waals surface area contributed by atoms with Crippen LogP contribution in [0.1, 0.15) is 57.7 Å². The van der Waals surface area contributed by atoms with Crippen LogP contribution >= 0.6 is 0 Å². The number of hydrogen-bond acceptors (Lipinski definition) is 12. The van der Waals surface area contributed by atoms with Gasteiger partial charge < -0.3 is 50.6 Å². The molecule has 0 unspecified atom stereocenters. The molecule has 6 N–H and O–H groups in total. The van der Waals surface area contributed by atoms with E-state index in [0.29, 0.717) is 5.56 Å². The molecule has 0 aliphatic rings. The number of rotatable bonds is 20. The zero-order valence-electron chi connectivity index (χ0n) is 33.8. The minimum Gasteiger partial charge on any atom is -0.508 e. The maximum Gasteiger partial charge on any atom is 0.410 e. The highest BCUT2D eigenvalue weighted by Crippen LogP contribution is 2.14. The van der Waals surface area contributed by atoms with E-state index in [1.54, 1.807) is 69.3 Å². The number of alkyl carbamates (subject to hydrolysis) is 2. The first-order valence-electron chi connectivity index (χ1n) is 18.9. The van der Waals surface area contributed by atoms with Crippen LogP contribution in [0.25, 0.3) is 0 Å². The molecule has 0 bridgehead atoms. The molecular formula is C42H53N5O12. The molecule has 0 spiro atoms. The van der Waals surface area contributed by atoms with Crippen molar-refractivity contribution in [2.24, 2.45) is 5.92 Å². The molecule has 0 aliphatic carbocycles. The lowest BCUT2D eigenvalue weighted by Gasteiger charge is -2.24. The van der Waals surface area contributed by atoms with Gasteiger partial charge in [-0.15, -0.1) is 0 Å². The molecule has 318 valence electrons. The highest BCUT2D eigenvalue weighted by atomic mass is 16.7. The van der Waals surface area contributed by atoms with Crippen LogP contribution in [0, 0.1) is 5.92 Å². The van der Waals surface area contributed by atoms with Crippen LogP contribution in [0.4, 0.5) is 9.59 Å². The standard InChI is InChI=1S/C42H53N5O12/c1-27(2)20-33(47-40(54)56-25-30-14-10-7-11-15-30)38(52)57-26-58-41(55)46-32(21-29-16-18-31(48)19-17-29)37(51)44-23-35(49)43-24-36(50)45-34(39(53)59-42(3,4)5)22-28-12-8-6-9-13-28/h6-19,27,32-34,48H,20-26H2,1-5H3,(H,43,49)(H,44,51)(H,45,50)(H,46,55)(H,47,54)/t32-,33-,34-/m0/s1. The molecule has 5 amide bonds. The summed E-state index contributed by atoms with van der Waals surface area (Å²) >= 11 is 0. The average molecular weight is 820 g/mol. The summed E-state index contributed by atoms with van der Waals surface area (Å²) in [6.07, 6.45) is -1.76. The first-order chi connectivity index (χ1) is 28.0. The van der Waals surface area contributed by atoms with Gasteiger partial charge in [-0.1, -0.05) is 86.6 Å². The largest absolute Gasteiger partial charge is 0.508 e. The van der Waals surface area contributed by atoms with Crippen molar-refractivity contribution in [3.05, 3.63) is 102 Å². The molecule has 0 saturated carbocycles. The Morgan fingerprint density at radius 1 is 0.593 bits per heavy atom. The number of esters is 2. The molecule has 0 saturated heterocycles. The van der Waals surface area contributed by atoms with Crippen LogP contribution in [0.3, 0.4) is 0 Å². The summed E-state index contributed by atoms with van der Waals surface area (Å²) in [6.45, 7) is 6.76. The second-order valence-electron chi connectivity index (χ2n) is 14.8. The predicted molar refractivity (Wildman–Crippen MR) is 213 cm³/mol. The number of phenolic OH excluding ortho intramolecular Hbond substituents is 1. The maximum atomic E-state index is 13.2. The SMILES string of the molecule is CC(C)C[C@H](NC(=O)OCc1ccccc1)C(=O)OCOC(=O)N[C@@H](Cc1ccc(O)cc1)C(=O)NCC(=O)NCC(=O)N[C@@H](Cc1ccccc1)C(=O)OC(C)(C)C. The van der Waals surface area contributed by atoms with Crippen molar-refractivity contribution in [2.75, 3.05) is 19.9 Å². The Kier molecular flexibility index (Phi) is 18.7. The van der Waals surface area contributed by atoms with Gasteiger partial charge in [-0.05, 0) is 61.9 Å². The average Bonchev–Trinajstić information content (AvgIpc) is 3.18. The Balaban J connectivity index is 1.53. The molecule has 0 radical (unpaired) electrons. The molecule has 0 aliphatic heterocycles. The lowest BCUT2D eigenvalue weighted by molar-refractivity contribution is -0.158. The van der Waals surface area contributed by atoms with Crippen LogP contribution in [0.5, 0.6) is 5.75 Å². The molecule has 17 nitrogen and oxygen atoms in total. The third kappa shape index (κ3) is 18.9. The number of nitrogens with one attached hydrogen (secondary N) is 5. The zero-order valence-corrected chi connectivity index (χ0v) is 33.8. The topological polar surface area (TPSA) is 237 Å². The number of amides is 5. The van der Waals surface area contributed by atoms with Gasteiger partial charge in [0.2, 0.25) is 24.5 Å². The maximum absolute atomic E-state index is 13.2. The van der Waals surface area contributed by atoms with E-state index in [0.717, 1.165) is 11.1 Å². The van der Waals surface area contributed by atoms with E-state index in [9.17, 15) is 38.7 Å². The van der Waals surface area contributed by atoms with Gasteiger partial charge in [-0.3, -0.25) is 14.4 Å². The summed E-state index contributed by atoms with van der Waals surface area (Å²) in [5.74, 6) is -3.85. The number of aromatic hydroxyl groups is 1. The van der Waals surface area contributed by atoms with Crippen LogP contribution in [0.2, 0.25) is 0 Å². The summed E-state index contributed by atoms with van der Waals surface area (Å²) in [5, 5.41) is 21.9. The molecular weight excluding hydrogens is 766 g/mol. The van der Waals surface area contributed by atoms with Gasteiger partial charge in [-0.2, -0.15) is 0 Å². The van der Waals surface area contributed by atoms with Crippen molar-refractivity contribution in [1.29, 1.82) is 0 Å². The molecule has 0 fully saturated rings. The first kappa shape index (κ1) is 46.7. The molecule has 59 heavy (non-hydrogen) atoms.